The van der Waals surface area contributed by atoms with Crippen LogP contribution in [-0.2, 0) is 19.1 Å². The third kappa shape index (κ3) is 5.33. The average molecular weight is 654 g/mol. The lowest BCUT2D eigenvalue weighted by atomic mass is 9.32. The SMILES string of the molecule is CC(C)C1CC[C@]2(CC(=O)N3CCCC3)CC[C@]3(C)[C@H](CCC4[C@@]5(C)CC[C@H](OC(=O)CC(C)(C)C(=O)O)C(C)(C)C5CC[C@]43C)C12. The zero-order chi connectivity index (χ0) is 34.4. The monoisotopic (exact) mass is 654 g/mol. The highest BCUT2D eigenvalue weighted by atomic mass is 16.5. The lowest BCUT2D eigenvalue weighted by Gasteiger charge is -2.73. The van der Waals surface area contributed by atoms with E-state index in [0.717, 1.165) is 38.8 Å². The molecule has 0 spiro atoms. The minimum absolute atomic E-state index is 0.0963. The zero-order valence-electron chi connectivity index (χ0n) is 31.4. The van der Waals surface area contributed by atoms with Gasteiger partial charge in [-0.05, 0) is 148 Å². The fraction of sp³-hybridized carbons (Fsp3) is 0.927. The smallest absolute Gasteiger partial charge is 0.309 e. The van der Waals surface area contributed by atoms with Crippen LogP contribution in [0.2, 0.25) is 0 Å². The van der Waals surface area contributed by atoms with E-state index in [1.165, 1.54) is 57.8 Å². The lowest BCUT2D eigenvalue weighted by Crippen LogP contribution is -2.67. The van der Waals surface area contributed by atoms with Crippen LogP contribution in [0.25, 0.3) is 0 Å². The van der Waals surface area contributed by atoms with Gasteiger partial charge >= 0.3 is 11.9 Å². The van der Waals surface area contributed by atoms with Gasteiger partial charge in [-0.1, -0.05) is 48.5 Å². The summed E-state index contributed by atoms with van der Waals surface area (Å²) in [7, 11) is 0. The number of rotatable bonds is 7. The van der Waals surface area contributed by atoms with Gasteiger partial charge in [-0.15, -0.1) is 0 Å². The van der Waals surface area contributed by atoms with E-state index < -0.39 is 11.4 Å². The molecule has 0 aromatic heterocycles. The molecule has 1 aliphatic heterocycles. The van der Waals surface area contributed by atoms with Crippen LogP contribution < -0.4 is 0 Å². The molecule has 6 rings (SSSR count). The highest BCUT2D eigenvalue weighted by molar-refractivity contribution is 5.81. The first-order chi connectivity index (χ1) is 21.8. The number of nitrogens with zero attached hydrogens (tertiary/aromatic N) is 1. The van der Waals surface area contributed by atoms with Gasteiger partial charge < -0.3 is 14.7 Å². The lowest BCUT2D eigenvalue weighted by molar-refractivity contribution is -0.252. The van der Waals surface area contributed by atoms with Crippen LogP contribution in [-0.4, -0.2) is 47.0 Å². The third-order valence-electron chi connectivity index (χ3n) is 16.9. The summed E-state index contributed by atoms with van der Waals surface area (Å²) in [5, 5.41) is 9.59. The summed E-state index contributed by atoms with van der Waals surface area (Å²) in [6.45, 7) is 22.6. The Hall–Kier alpha value is -1.59. The molecule has 47 heavy (non-hydrogen) atoms. The molecule has 5 aliphatic carbocycles. The number of carbonyl (C=O) groups excluding carboxylic acids is 2. The number of aliphatic carboxylic acids is 1. The van der Waals surface area contributed by atoms with Crippen LogP contribution in [0.3, 0.4) is 0 Å². The maximum absolute atomic E-state index is 13.8. The summed E-state index contributed by atoms with van der Waals surface area (Å²) in [6, 6.07) is 0. The summed E-state index contributed by atoms with van der Waals surface area (Å²) in [6.07, 6.45) is 14.7. The van der Waals surface area contributed by atoms with E-state index in [9.17, 15) is 19.5 Å². The molecule has 5 saturated carbocycles. The fourth-order valence-corrected chi connectivity index (χ4v) is 14.0. The standard InChI is InChI=1S/C41H67NO5/c1-26(2)27-14-19-41(24-32(43)42-22-10-11-23-42)21-20-39(8)28(34(27)41)12-13-30-38(7)17-16-31(47-33(44)25-36(3,4)35(45)46)37(5,6)29(38)15-18-40(30,39)9/h26-31,34H,10-25H2,1-9H3,(H,45,46)/t27?,28-,29?,30?,31+,34?,38+,39-,40-,41-/m1/s1. The molecule has 0 aromatic rings. The van der Waals surface area contributed by atoms with Gasteiger partial charge in [0.15, 0.2) is 0 Å². The minimum atomic E-state index is -1.13. The fourth-order valence-electron chi connectivity index (χ4n) is 14.0. The van der Waals surface area contributed by atoms with Crippen molar-refractivity contribution in [1.29, 1.82) is 0 Å². The van der Waals surface area contributed by atoms with Crippen LogP contribution >= 0.6 is 0 Å². The highest BCUT2D eigenvalue weighted by Crippen LogP contribution is 2.78. The number of ether oxygens (including phenoxy) is 1. The first kappa shape index (κ1) is 35.2. The first-order valence-corrected chi connectivity index (χ1v) is 19.5. The molecule has 4 unspecified atom stereocenters. The van der Waals surface area contributed by atoms with Crippen LogP contribution in [0.5, 0.6) is 0 Å². The minimum Gasteiger partial charge on any atom is -0.481 e. The quantitative estimate of drug-likeness (QED) is 0.277. The van der Waals surface area contributed by atoms with Crippen molar-refractivity contribution in [2.75, 3.05) is 13.1 Å². The number of carboxylic acids is 1. The normalized spacial score (nSPS) is 44.3. The van der Waals surface area contributed by atoms with E-state index in [1.54, 1.807) is 13.8 Å². The Labute approximate surface area is 285 Å². The Morgan fingerprint density at radius 3 is 2.15 bits per heavy atom. The summed E-state index contributed by atoms with van der Waals surface area (Å²) in [4.78, 5) is 40.7. The molecule has 1 N–H and O–H groups in total. The molecule has 266 valence electrons. The van der Waals surface area contributed by atoms with Crippen molar-refractivity contribution >= 4 is 17.8 Å². The van der Waals surface area contributed by atoms with Gasteiger partial charge in [0, 0.05) is 24.9 Å². The molecular weight excluding hydrogens is 586 g/mol. The molecule has 0 radical (unpaired) electrons. The molecule has 0 aromatic carbocycles. The van der Waals surface area contributed by atoms with Crippen LogP contribution in [0.15, 0.2) is 0 Å². The van der Waals surface area contributed by atoms with E-state index in [2.05, 4.69) is 53.4 Å². The van der Waals surface area contributed by atoms with E-state index >= 15 is 0 Å². The summed E-state index contributed by atoms with van der Waals surface area (Å²) < 4.78 is 6.18. The van der Waals surface area contributed by atoms with Gasteiger partial charge in [0.1, 0.15) is 6.10 Å². The largest absolute Gasteiger partial charge is 0.481 e. The Kier molecular flexibility index (Phi) is 8.81. The molecular formula is C41H67NO5. The van der Waals surface area contributed by atoms with Crippen molar-refractivity contribution in [2.24, 2.45) is 68.0 Å². The summed E-state index contributed by atoms with van der Waals surface area (Å²) in [5.41, 5.74) is -0.411. The molecule has 10 atom stereocenters. The number of hydrogen-bond acceptors (Lipinski definition) is 4. The highest BCUT2D eigenvalue weighted by Gasteiger charge is 2.71. The maximum atomic E-state index is 13.8. The van der Waals surface area contributed by atoms with Gasteiger partial charge in [-0.25, -0.2) is 0 Å². The molecule has 6 aliphatic rings. The number of likely N-dealkylation sites (tertiary alicyclic amines) is 1. The second kappa shape index (κ2) is 11.7. The number of carbonyl (C=O) groups is 3. The Balaban J connectivity index is 1.25. The van der Waals surface area contributed by atoms with Crippen molar-refractivity contribution in [2.45, 2.75) is 158 Å². The van der Waals surface area contributed by atoms with Crippen molar-refractivity contribution in [3.05, 3.63) is 0 Å². The molecule has 1 amide bonds. The predicted octanol–water partition coefficient (Wildman–Crippen LogP) is 9.15. The number of amides is 1. The van der Waals surface area contributed by atoms with E-state index in [1.807, 2.05) is 0 Å². The van der Waals surface area contributed by atoms with Gasteiger partial charge in [-0.3, -0.25) is 14.4 Å². The average Bonchev–Trinajstić information content (AvgIpc) is 3.64. The van der Waals surface area contributed by atoms with Gasteiger partial charge in [0.05, 0.1) is 11.8 Å². The van der Waals surface area contributed by atoms with Crippen LogP contribution in [0.1, 0.15) is 152 Å². The van der Waals surface area contributed by atoms with Crippen molar-refractivity contribution < 1.29 is 24.2 Å². The topological polar surface area (TPSA) is 83.9 Å². The second-order valence-electron chi connectivity index (χ2n) is 20.0. The molecule has 6 fully saturated rings. The van der Waals surface area contributed by atoms with Crippen molar-refractivity contribution in [1.82, 2.24) is 4.90 Å². The predicted molar refractivity (Wildman–Crippen MR) is 185 cm³/mol. The van der Waals surface area contributed by atoms with Crippen molar-refractivity contribution in [3.8, 4) is 0 Å². The molecule has 6 heteroatoms. The summed E-state index contributed by atoms with van der Waals surface area (Å²) in [5.74, 6) is 2.91. The van der Waals surface area contributed by atoms with Gasteiger partial charge in [0.2, 0.25) is 5.91 Å². The van der Waals surface area contributed by atoms with Crippen LogP contribution in [0, 0.1) is 68.0 Å². The van der Waals surface area contributed by atoms with E-state index in [0.29, 0.717) is 41.4 Å². The number of carboxylic acid groups (broad SMARTS) is 1. The second-order valence-corrected chi connectivity index (χ2v) is 20.0. The number of hydrogen-bond donors (Lipinski definition) is 1. The van der Waals surface area contributed by atoms with Crippen molar-refractivity contribution in [3.63, 3.8) is 0 Å². The number of esters is 1. The Morgan fingerprint density at radius 2 is 1.51 bits per heavy atom. The molecule has 6 nitrogen and oxygen atoms in total. The summed E-state index contributed by atoms with van der Waals surface area (Å²) >= 11 is 0. The molecule has 1 heterocycles. The number of fused-ring (bicyclic) bond motifs is 7. The molecule has 1 saturated heterocycles. The maximum Gasteiger partial charge on any atom is 0.309 e. The first-order valence-electron chi connectivity index (χ1n) is 19.5. The van der Waals surface area contributed by atoms with Gasteiger partial charge in [-0.2, -0.15) is 0 Å². The zero-order valence-corrected chi connectivity index (χ0v) is 31.4. The Bertz CT molecular complexity index is 1250. The van der Waals surface area contributed by atoms with E-state index in [-0.39, 0.29) is 45.6 Å². The van der Waals surface area contributed by atoms with Gasteiger partial charge in [0.25, 0.3) is 0 Å². The molecule has 0 bridgehead atoms. The Morgan fingerprint density at radius 1 is 0.830 bits per heavy atom. The third-order valence-corrected chi connectivity index (χ3v) is 16.9. The van der Waals surface area contributed by atoms with E-state index in [4.69, 9.17) is 4.74 Å². The van der Waals surface area contributed by atoms with Crippen LogP contribution in [0.4, 0.5) is 0 Å².